The molecule has 1 unspecified atom stereocenters. The Morgan fingerprint density at radius 2 is 1.79 bits per heavy atom. The summed E-state index contributed by atoms with van der Waals surface area (Å²) in [7, 11) is 0. The van der Waals surface area contributed by atoms with Gasteiger partial charge >= 0.3 is 0 Å². The Morgan fingerprint density at radius 3 is 2.34 bits per heavy atom. The normalized spacial score (nSPS) is 13.7. The molecular weight excluding hydrogens is 481 g/mol. The SMILES string of the molecule is CCNC(=NCc1ccc(COC(C)C)cc1)NCC(C)(O)c1ccc(C)o1.I. The van der Waals surface area contributed by atoms with Crippen molar-refractivity contribution in [2.24, 2.45) is 4.99 Å². The lowest BCUT2D eigenvalue weighted by molar-refractivity contribution is 0.0378. The average molecular weight is 515 g/mol. The van der Waals surface area contributed by atoms with Gasteiger partial charge in [-0.25, -0.2) is 4.99 Å². The van der Waals surface area contributed by atoms with Gasteiger partial charge in [0.25, 0.3) is 0 Å². The molecule has 0 fully saturated rings. The van der Waals surface area contributed by atoms with Crippen LogP contribution in [0.25, 0.3) is 0 Å². The van der Waals surface area contributed by atoms with Crippen molar-refractivity contribution in [2.75, 3.05) is 13.1 Å². The van der Waals surface area contributed by atoms with Crippen molar-refractivity contribution in [2.45, 2.75) is 59.5 Å². The fourth-order valence-corrected chi connectivity index (χ4v) is 2.58. The maximum absolute atomic E-state index is 10.7. The van der Waals surface area contributed by atoms with Gasteiger partial charge in [0, 0.05) is 6.54 Å². The molecule has 0 aliphatic heterocycles. The lowest BCUT2D eigenvalue weighted by Gasteiger charge is -2.22. The van der Waals surface area contributed by atoms with Crippen molar-refractivity contribution in [1.82, 2.24) is 10.6 Å². The van der Waals surface area contributed by atoms with Crippen molar-refractivity contribution in [3.05, 3.63) is 59.0 Å². The summed E-state index contributed by atoms with van der Waals surface area (Å²) >= 11 is 0. The lowest BCUT2D eigenvalue weighted by atomic mass is 10.0. The van der Waals surface area contributed by atoms with Gasteiger partial charge in [-0.05, 0) is 57.9 Å². The van der Waals surface area contributed by atoms with Gasteiger partial charge in [-0.3, -0.25) is 0 Å². The first-order valence-corrected chi connectivity index (χ1v) is 9.81. The van der Waals surface area contributed by atoms with E-state index in [1.165, 1.54) is 0 Å². The summed E-state index contributed by atoms with van der Waals surface area (Å²) in [6.45, 7) is 11.8. The van der Waals surface area contributed by atoms with Crippen molar-refractivity contribution in [1.29, 1.82) is 0 Å². The van der Waals surface area contributed by atoms with E-state index >= 15 is 0 Å². The summed E-state index contributed by atoms with van der Waals surface area (Å²) < 4.78 is 11.2. The fourth-order valence-electron chi connectivity index (χ4n) is 2.58. The second-order valence-electron chi connectivity index (χ2n) is 7.41. The number of ether oxygens (including phenoxy) is 1. The van der Waals surface area contributed by atoms with Gasteiger partial charge < -0.3 is 24.9 Å². The summed E-state index contributed by atoms with van der Waals surface area (Å²) in [5.41, 5.74) is 1.14. The molecule has 0 spiro atoms. The summed E-state index contributed by atoms with van der Waals surface area (Å²) in [4.78, 5) is 4.61. The summed E-state index contributed by atoms with van der Waals surface area (Å²) in [6, 6.07) is 11.9. The zero-order valence-electron chi connectivity index (χ0n) is 18.0. The van der Waals surface area contributed by atoms with Crippen molar-refractivity contribution >= 4 is 29.9 Å². The Morgan fingerprint density at radius 1 is 1.14 bits per heavy atom. The largest absolute Gasteiger partial charge is 0.463 e. The molecule has 6 nitrogen and oxygen atoms in total. The predicted octanol–water partition coefficient (Wildman–Crippen LogP) is 4.09. The number of hydrogen-bond donors (Lipinski definition) is 3. The highest BCUT2D eigenvalue weighted by Crippen LogP contribution is 2.21. The monoisotopic (exact) mass is 515 g/mol. The van der Waals surface area contributed by atoms with E-state index in [0.29, 0.717) is 24.9 Å². The second-order valence-corrected chi connectivity index (χ2v) is 7.41. The Hall–Kier alpha value is -1.58. The molecule has 0 amide bonds. The number of guanidine groups is 1. The van der Waals surface area contributed by atoms with E-state index in [0.717, 1.165) is 23.4 Å². The number of nitrogens with one attached hydrogen (secondary N) is 2. The quantitative estimate of drug-likeness (QED) is 0.267. The Balaban J connectivity index is 0.00000420. The number of rotatable bonds is 9. The van der Waals surface area contributed by atoms with Gasteiger partial charge in [0.2, 0.25) is 0 Å². The van der Waals surface area contributed by atoms with E-state index < -0.39 is 5.60 Å². The molecule has 2 aromatic rings. The summed E-state index contributed by atoms with van der Waals surface area (Å²) in [6.07, 6.45) is 0.223. The minimum Gasteiger partial charge on any atom is -0.463 e. The molecule has 0 aliphatic rings. The minimum atomic E-state index is -1.12. The van der Waals surface area contributed by atoms with Gasteiger partial charge in [0.05, 0.1) is 25.8 Å². The first kappa shape index (κ1) is 25.5. The molecule has 1 aromatic carbocycles. The van der Waals surface area contributed by atoms with Crippen molar-refractivity contribution in [3.63, 3.8) is 0 Å². The van der Waals surface area contributed by atoms with Crippen LogP contribution in [0.3, 0.4) is 0 Å². The van der Waals surface area contributed by atoms with Crippen LogP contribution in [0.4, 0.5) is 0 Å². The number of halogens is 1. The number of nitrogens with zero attached hydrogens (tertiary/aromatic N) is 1. The summed E-state index contributed by atoms with van der Waals surface area (Å²) in [5, 5.41) is 17.1. The van der Waals surface area contributed by atoms with Gasteiger partial charge in [-0.15, -0.1) is 24.0 Å². The number of benzene rings is 1. The maximum Gasteiger partial charge on any atom is 0.191 e. The van der Waals surface area contributed by atoms with E-state index in [1.54, 1.807) is 13.0 Å². The van der Waals surface area contributed by atoms with Crippen LogP contribution in [0.15, 0.2) is 45.8 Å². The molecule has 2 rings (SSSR count). The van der Waals surface area contributed by atoms with E-state index in [9.17, 15) is 5.11 Å². The molecule has 1 heterocycles. The molecular formula is C22H34IN3O3. The van der Waals surface area contributed by atoms with E-state index in [-0.39, 0.29) is 36.6 Å². The first-order chi connectivity index (χ1) is 13.3. The molecule has 0 aliphatic carbocycles. The Bertz CT molecular complexity index is 755. The van der Waals surface area contributed by atoms with Crippen molar-refractivity contribution in [3.8, 4) is 0 Å². The highest BCUT2D eigenvalue weighted by Gasteiger charge is 2.27. The molecule has 1 atom stereocenters. The van der Waals surface area contributed by atoms with Crippen LogP contribution in [0.2, 0.25) is 0 Å². The van der Waals surface area contributed by atoms with Gasteiger partial charge in [0.1, 0.15) is 17.1 Å². The zero-order valence-corrected chi connectivity index (χ0v) is 20.3. The molecule has 0 radical (unpaired) electrons. The van der Waals surface area contributed by atoms with Crippen molar-refractivity contribution < 1.29 is 14.3 Å². The number of hydrogen-bond acceptors (Lipinski definition) is 4. The molecule has 162 valence electrons. The van der Waals surface area contributed by atoms with Gasteiger partial charge in [-0.1, -0.05) is 24.3 Å². The standard InChI is InChI=1S/C22H33N3O3.HI/c1-6-23-21(25-15-22(5,26)20-12-7-17(4)28-20)24-13-18-8-10-19(11-9-18)14-27-16(2)3;/h7-12,16,26H,6,13-15H2,1-5H3,(H2,23,24,25);1H. The van der Waals surface area contributed by atoms with Crippen LogP contribution < -0.4 is 10.6 Å². The molecule has 3 N–H and O–H groups in total. The third kappa shape index (κ3) is 8.76. The van der Waals surface area contributed by atoms with E-state index in [2.05, 4.69) is 39.9 Å². The highest BCUT2D eigenvalue weighted by molar-refractivity contribution is 14.0. The first-order valence-electron chi connectivity index (χ1n) is 9.81. The Labute approximate surface area is 191 Å². The van der Waals surface area contributed by atoms with Crippen LogP contribution in [0, 0.1) is 6.92 Å². The number of aliphatic imine (C=N–C) groups is 1. The highest BCUT2D eigenvalue weighted by atomic mass is 127. The smallest absolute Gasteiger partial charge is 0.191 e. The van der Waals surface area contributed by atoms with Crippen LogP contribution in [-0.2, 0) is 23.5 Å². The number of aryl methyl sites for hydroxylation is 1. The Kier molecular flexibility index (Phi) is 10.7. The predicted molar refractivity (Wildman–Crippen MR) is 128 cm³/mol. The van der Waals surface area contributed by atoms with E-state index in [1.807, 2.05) is 33.8 Å². The lowest BCUT2D eigenvalue weighted by Crippen LogP contribution is -2.44. The maximum atomic E-state index is 10.7. The van der Waals surface area contributed by atoms with E-state index in [4.69, 9.17) is 9.15 Å². The minimum absolute atomic E-state index is 0. The molecule has 0 bridgehead atoms. The fraction of sp³-hybridized carbons (Fsp3) is 0.500. The average Bonchev–Trinajstić information content (AvgIpc) is 3.10. The zero-order chi connectivity index (χ0) is 20.6. The molecule has 1 aromatic heterocycles. The molecule has 29 heavy (non-hydrogen) atoms. The third-order valence-electron chi connectivity index (χ3n) is 4.24. The van der Waals surface area contributed by atoms with Crippen LogP contribution in [0.1, 0.15) is 50.3 Å². The van der Waals surface area contributed by atoms with Gasteiger partial charge in [0.15, 0.2) is 5.96 Å². The van der Waals surface area contributed by atoms with Crippen LogP contribution in [-0.4, -0.2) is 30.3 Å². The van der Waals surface area contributed by atoms with Crippen LogP contribution in [0.5, 0.6) is 0 Å². The topological polar surface area (TPSA) is 79.0 Å². The summed E-state index contributed by atoms with van der Waals surface area (Å²) in [5.74, 6) is 1.96. The third-order valence-corrected chi connectivity index (χ3v) is 4.24. The number of aliphatic hydroxyl groups is 1. The molecule has 0 saturated carbocycles. The number of furan rings is 1. The molecule has 0 saturated heterocycles. The molecule has 7 heteroatoms. The van der Waals surface area contributed by atoms with Crippen LogP contribution >= 0.6 is 24.0 Å². The van der Waals surface area contributed by atoms with Gasteiger partial charge in [-0.2, -0.15) is 0 Å². The second kappa shape index (κ2) is 12.2.